The molecule has 4 rings (SSSR count). The third-order valence-electron chi connectivity index (χ3n) is 6.04. The van der Waals surface area contributed by atoms with Crippen molar-refractivity contribution in [2.75, 3.05) is 39.3 Å². The Hall–Kier alpha value is -1.59. The van der Waals surface area contributed by atoms with E-state index in [0.29, 0.717) is 42.7 Å². The Balaban J connectivity index is 1.32. The van der Waals surface area contributed by atoms with E-state index in [9.17, 15) is 9.59 Å². The Kier molecular flexibility index (Phi) is 4.46. The first-order chi connectivity index (χ1) is 12.1. The van der Waals surface area contributed by atoms with Crippen LogP contribution in [0.4, 0.5) is 0 Å². The fraction of sp³-hybridized carbons (Fsp3) is 0.579. The van der Waals surface area contributed by atoms with Crippen molar-refractivity contribution in [2.24, 2.45) is 11.3 Å². The first-order valence-corrected chi connectivity index (χ1v) is 9.51. The summed E-state index contributed by atoms with van der Waals surface area (Å²) in [6.07, 6.45) is 3.29. The zero-order chi connectivity index (χ0) is 17.4. The Morgan fingerprint density at radius 1 is 1.08 bits per heavy atom. The molecule has 6 heteroatoms. The molecule has 1 atom stereocenters. The van der Waals surface area contributed by atoms with Crippen LogP contribution in [0.2, 0.25) is 5.02 Å². The molecule has 1 N–H and O–H groups in total. The summed E-state index contributed by atoms with van der Waals surface area (Å²) < 4.78 is 0. The Labute approximate surface area is 153 Å². The lowest BCUT2D eigenvalue weighted by Gasteiger charge is -2.35. The van der Waals surface area contributed by atoms with Crippen LogP contribution < -0.4 is 5.32 Å². The van der Waals surface area contributed by atoms with Gasteiger partial charge in [-0.3, -0.25) is 9.59 Å². The van der Waals surface area contributed by atoms with E-state index in [1.807, 2.05) is 9.80 Å². The molecule has 2 aliphatic heterocycles. The monoisotopic (exact) mass is 361 g/mol. The highest BCUT2D eigenvalue weighted by atomic mass is 35.5. The van der Waals surface area contributed by atoms with Crippen LogP contribution in [0.5, 0.6) is 0 Å². The minimum absolute atomic E-state index is 0.00385. The minimum Gasteiger partial charge on any atom is -0.339 e. The smallest absolute Gasteiger partial charge is 0.254 e. The molecule has 1 aromatic carbocycles. The lowest BCUT2D eigenvalue weighted by atomic mass is 9.91. The molecular weight excluding hydrogens is 338 g/mol. The summed E-state index contributed by atoms with van der Waals surface area (Å²) in [5.74, 6) is 0.511. The van der Waals surface area contributed by atoms with E-state index in [1.54, 1.807) is 24.3 Å². The summed E-state index contributed by atoms with van der Waals surface area (Å²) in [5.41, 5.74) is 0.888. The van der Waals surface area contributed by atoms with Crippen molar-refractivity contribution in [1.29, 1.82) is 0 Å². The molecule has 1 unspecified atom stereocenters. The molecule has 0 bridgehead atoms. The van der Waals surface area contributed by atoms with Gasteiger partial charge in [0.1, 0.15) is 0 Å². The van der Waals surface area contributed by atoms with E-state index >= 15 is 0 Å². The highest BCUT2D eigenvalue weighted by Crippen LogP contribution is 2.59. The van der Waals surface area contributed by atoms with Crippen molar-refractivity contribution >= 4 is 23.4 Å². The van der Waals surface area contributed by atoms with Gasteiger partial charge in [-0.15, -0.1) is 0 Å². The number of amides is 2. The van der Waals surface area contributed by atoms with Gasteiger partial charge in [-0.1, -0.05) is 17.7 Å². The number of piperidine rings is 1. The normalized spacial score (nSPS) is 25.1. The number of nitrogens with one attached hydrogen (secondary N) is 1. The summed E-state index contributed by atoms with van der Waals surface area (Å²) in [4.78, 5) is 29.2. The maximum absolute atomic E-state index is 12.8. The number of rotatable bonds is 2. The average molecular weight is 362 g/mol. The van der Waals surface area contributed by atoms with Gasteiger partial charge in [0, 0.05) is 42.7 Å². The third-order valence-corrected chi connectivity index (χ3v) is 6.27. The third kappa shape index (κ3) is 3.27. The van der Waals surface area contributed by atoms with Crippen LogP contribution in [0.1, 0.15) is 29.6 Å². The molecule has 1 saturated carbocycles. The Morgan fingerprint density at radius 3 is 2.44 bits per heavy atom. The standard InChI is InChI=1S/C19H24ClN3O2/c20-15-3-1-2-14(12-15)17(24)22-8-10-23(11-9-22)18(25)16-13-19(16)4-6-21-7-5-19/h1-3,12,16,21H,4-11,13H2. The number of carbonyl (C=O) groups excluding carboxylic acids is 2. The molecule has 2 saturated heterocycles. The van der Waals surface area contributed by atoms with Crippen LogP contribution in [0.3, 0.4) is 0 Å². The summed E-state index contributed by atoms with van der Waals surface area (Å²) in [7, 11) is 0. The van der Waals surface area contributed by atoms with Gasteiger partial charge in [0.25, 0.3) is 5.91 Å². The molecule has 1 aromatic rings. The Morgan fingerprint density at radius 2 is 1.76 bits per heavy atom. The fourth-order valence-electron chi connectivity index (χ4n) is 4.33. The number of hydrogen-bond acceptors (Lipinski definition) is 3. The van der Waals surface area contributed by atoms with E-state index in [1.165, 1.54) is 0 Å². The number of nitrogens with zero attached hydrogens (tertiary/aromatic N) is 2. The van der Waals surface area contributed by atoms with Crippen LogP contribution in [0, 0.1) is 11.3 Å². The molecule has 134 valence electrons. The van der Waals surface area contributed by atoms with E-state index in [2.05, 4.69) is 5.32 Å². The van der Waals surface area contributed by atoms with Crippen LogP contribution in [0.15, 0.2) is 24.3 Å². The van der Waals surface area contributed by atoms with Crippen molar-refractivity contribution in [3.63, 3.8) is 0 Å². The number of carbonyl (C=O) groups is 2. The first kappa shape index (κ1) is 16.9. The summed E-state index contributed by atoms with van der Waals surface area (Å²) >= 11 is 5.98. The fourth-order valence-corrected chi connectivity index (χ4v) is 4.52. The summed E-state index contributed by atoms with van der Waals surface area (Å²) in [5, 5.41) is 3.95. The average Bonchev–Trinajstić information content (AvgIpc) is 3.34. The van der Waals surface area contributed by atoms with E-state index in [0.717, 1.165) is 32.4 Å². The van der Waals surface area contributed by atoms with Crippen molar-refractivity contribution < 1.29 is 9.59 Å². The first-order valence-electron chi connectivity index (χ1n) is 9.13. The molecule has 2 amide bonds. The molecule has 25 heavy (non-hydrogen) atoms. The molecule has 1 aliphatic carbocycles. The second-order valence-electron chi connectivity index (χ2n) is 7.50. The quantitative estimate of drug-likeness (QED) is 0.876. The van der Waals surface area contributed by atoms with Gasteiger partial charge in [-0.25, -0.2) is 0 Å². The van der Waals surface area contributed by atoms with Gasteiger partial charge in [0.05, 0.1) is 0 Å². The molecule has 2 heterocycles. The molecule has 3 fully saturated rings. The van der Waals surface area contributed by atoms with E-state index < -0.39 is 0 Å². The predicted octanol–water partition coefficient (Wildman–Crippen LogP) is 2.01. The van der Waals surface area contributed by atoms with Crippen molar-refractivity contribution in [1.82, 2.24) is 15.1 Å². The molecule has 0 radical (unpaired) electrons. The van der Waals surface area contributed by atoms with E-state index in [4.69, 9.17) is 11.6 Å². The Bertz CT molecular complexity index is 679. The van der Waals surface area contributed by atoms with Crippen LogP contribution in [-0.4, -0.2) is 60.9 Å². The maximum atomic E-state index is 12.8. The SMILES string of the molecule is O=C(c1cccc(Cl)c1)N1CCN(C(=O)C2CC23CCNCC3)CC1. The van der Waals surface area contributed by atoms with Crippen molar-refractivity contribution in [3.8, 4) is 0 Å². The number of hydrogen-bond donors (Lipinski definition) is 1. The predicted molar refractivity (Wildman–Crippen MR) is 96.6 cm³/mol. The van der Waals surface area contributed by atoms with Gasteiger partial charge in [-0.05, 0) is 56.0 Å². The number of piperazine rings is 1. The molecule has 1 spiro atoms. The lowest BCUT2D eigenvalue weighted by molar-refractivity contribution is -0.135. The zero-order valence-corrected chi connectivity index (χ0v) is 15.1. The molecule has 5 nitrogen and oxygen atoms in total. The number of benzene rings is 1. The van der Waals surface area contributed by atoms with Crippen LogP contribution in [0.25, 0.3) is 0 Å². The summed E-state index contributed by atoms with van der Waals surface area (Å²) in [6, 6.07) is 7.05. The molecule has 3 aliphatic rings. The van der Waals surface area contributed by atoms with Crippen molar-refractivity contribution in [2.45, 2.75) is 19.3 Å². The molecular formula is C19H24ClN3O2. The lowest BCUT2D eigenvalue weighted by Crippen LogP contribution is -2.51. The zero-order valence-electron chi connectivity index (χ0n) is 14.3. The molecule has 0 aromatic heterocycles. The van der Waals surface area contributed by atoms with Crippen LogP contribution in [-0.2, 0) is 4.79 Å². The van der Waals surface area contributed by atoms with E-state index in [-0.39, 0.29) is 17.2 Å². The van der Waals surface area contributed by atoms with Gasteiger partial charge < -0.3 is 15.1 Å². The maximum Gasteiger partial charge on any atom is 0.254 e. The number of halogens is 1. The van der Waals surface area contributed by atoms with Gasteiger partial charge in [0.2, 0.25) is 5.91 Å². The highest BCUT2D eigenvalue weighted by Gasteiger charge is 2.58. The van der Waals surface area contributed by atoms with Crippen LogP contribution >= 0.6 is 11.6 Å². The highest BCUT2D eigenvalue weighted by molar-refractivity contribution is 6.30. The second kappa shape index (κ2) is 6.61. The van der Waals surface area contributed by atoms with Gasteiger partial charge in [-0.2, -0.15) is 0 Å². The van der Waals surface area contributed by atoms with Crippen molar-refractivity contribution in [3.05, 3.63) is 34.9 Å². The van der Waals surface area contributed by atoms with Gasteiger partial charge >= 0.3 is 0 Å². The minimum atomic E-state index is -0.00385. The van der Waals surface area contributed by atoms with Gasteiger partial charge in [0.15, 0.2) is 0 Å². The topological polar surface area (TPSA) is 52.7 Å². The second-order valence-corrected chi connectivity index (χ2v) is 7.93. The summed E-state index contributed by atoms with van der Waals surface area (Å²) in [6.45, 7) is 4.53. The largest absolute Gasteiger partial charge is 0.339 e.